The third kappa shape index (κ3) is 5.00. The first kappa shape index (κ1) is 21.6. The van der Waals surface area contributed by atoms with Gasteiger partial charge in [0.1, 0.15) is 5.01 Å². The lowest BCUT2D eigenvalue weighted by atomic mass is 10.1. The highest BCUT2D eigenvalue weighted by Gasteiger charge is 2.34. The summed E-state index contributed by atoms with van der Waals surface area (Å²) in [5, 5.41) is 3.04. The minimum absolute atomic E-state index is 0.0284. The number of amides is 3. The van der Waals surface area contributed by atoms with Crippen molar-refractivity contribution in [3.8, 4) is 0 Å². The standard InChI is InChI=1S/C22H26N4O4S/c1-24(13-16-15-31-19(23-16)14-25-9-11-30-12-10-25)20(27)7-4-8-26-21(28)17-5-2-3-6-18(17)22(26)29/h2-3,5-6,15H,4,7-14H2,1H3. The molecule has 2 aliphatic heterocycles. The molecule has 4 rings (SSSR count). The number of benzene rings is 1. The molecule has 3 amide bonds. The van der Waals surface area contributed by atoms with E-state index in [1.165, 1.54) is 4.90 Å². The molecule has 8 nitrogen and oxygen atoms in total. The highest BCUT2D eigenvalue weighted by Crippen LogP contribution is 2.23. The largest absolute Gasteiger partial charge is 0.379 e. The fraction of sp³-hybridized carbons (Fsp3) is 0.455. The van der Waals surface area contributed by atoms with E-state index in [2.05, 4.69) is 9.88 Å². The van der Waals surface area contributed by atoms with Gasteiger partial charge in [0.2, 0.25) is 5.91 Å². The van der Waals surface area contributed by atoms with Crippen LogP contribution in [0.1, 0.15) is 44.3 Å². The van der Waals surface area contributed by atoms with Crippen LogP contribution in [0.25, 0.3) is 0 Å². The molecule has 0 saturated carbocycles. The van der Waals surface area contributed by atoms with Crippen molar-refractivity contribution >= 4 is 29.1 Å². The van der Waals surface area contributed by atoms with Crippen LogP contribution in [-0.2, 0) is 22.6 Å². The molecule has 2 aliphatic rings. The Kier molecular flexibility index (Phi) is 6.74. The van der Waals surface area contributed by atoms with Crippen LogP contribution < -0.4 is 0 Å². The van der Waals surface area contributed by atoms with Crippen molar-refractivity contribution in [3.05, 3.63) is 51.5 Å². The lowest BCUT2D eigenvalue weighted by Crippen LogP contribution is -2.35. The average molecular weight is 443 g/mol. The second-order valence-electron chi connectivity index (χ2n) is 7.78. The lowest BCUT2D eigenvalue weighted by molar-refractivity contribution is -0.130. The highest BCUT2D eigenvalue weighted by molar-refractivity contribution is 7.09. The molecule has 3 heterocycles. The van der Waals surface area contributed by atoms with Crippen molar-refractivity contribution < 1.29 is 19.1 Å². The van der Waals surface area contributed by atoms with E-state index >= 15 is 0 Å². The van der Waals surface area contributed by atoms with Gasteiger partial charge < -0.3 is 9.64 Å². The van der Waals surface area contributed by atoms with Crippen molar-refractivity contribution in [2.75, 3.05) is 39.9 Å². The second-order valence-corrected chi connectivity index (χ2v) is 8.72. The number of imide groups is 1. The van der Waals surface area contributed by atoms with Gasteiger partial charge in [-0.2, -0.15) is 0 Å². The van der Waals surface area contributed by atoms with E-state index in [1.807, 2.05) is 5.38 Å². The predicted octanol–water partition coefficient (Wildman–Crippen LogP) is 2.01. The van der Waals surface area contributed by atoms with Crippen molar-refractivity contribution in [3.63, 3.8) is 0 Å². The first-order chi connectivity index (χ1) is 15.0. The van der Waals surface area contributed by atoms with Crippen LogP contribution >= 0.6 is 11.3 Å². The Bertz CT molecular complexity index is 935. The zero-order valence-electron chi connectivity index (χ0n) is 17.6. The van der Waals surface area contributed by atoms with E-state index in [0.29, 0.717) is 24.1 Å². The van der Waals surface area contributed by atoms with E-state index in [1.54, 1.807) is 47.5 Å². The second kappa shape index (κ2) is 9.67. The monoisotopic (exact) mass is 442 g/mol. The first-order valence-corrected chi connectivity index (χ1v) is 11.3. The van der Waals surface area contributed by atoms with Gasteiger partial charge in [-0.15, -0.1) is 11.3 Å². The van der Waals surface area contributed by atoms with E-state index < -0.39 is 0 Å². The molecule has 31 heavy (non-hydrogen) atoms. The molecule has 1 aromatic heterocycles. The Balaban J connectivity index is 1.22. The number of hydrogen-bond donors (Lipinski definition) is 0. The normalized spacial score (nSPS) is 16.6. The Morgan fingerprint density at radius 3 is 2.52 bits per heavy atom. The quantitative estimate of drug-likeness (QED) is 0.582. The summed E-state index contributed by atoms with van der Waals surface area (Å²) < 4.78 is 5.37. The van der Waals surface area contributed by atoms with Crippen LogP contribution in [0.5, 0.6) is 0 Å². The van der Waals surface area contributed by atoms with Gasteiger partial charge in [-0.3, -0.25) is 24.2 Å². The zero-order valence-corrected chi connectivity index (χ0v) is 18.4. The summed E-state index contributed by atoms with van der Waals surface area (Å²) in [6.07, 6.45) is 0.711. The van der Waals surface area contributed by atoms with E-state index in [4.69, 9.17) is 4.74 Å². The Morgan fingerprint density at radius 2 is 1.84 bits per heavy atom. The predicted molar refractivity (Wildman–Crippen MR) is 116 cm³/mol. The van der Waals surface area contributed by atoms with Crippen LogP contribution in [0.3, 0.4) is 0 Å². The molecule has 0 atom stereocenters. The van der Waals surface area contributed by atoms with Crippen LogP contribution in [0.4, 0.5) is 0 Å². The van der Waals surface area contributed by atoms with Crippen molar-refractivity contribution in [1.82, 2.24) is 19.7 Å². The number of morpholine rings is 1. The average Bonchev–Trinajstić information content (AvgIpc) is 3.32. The maximum atomic E-state index is 12.5. The Morgan fingerprint density at radius 1 is 1.16 bits per heavy atom. The summed E-state index contributed by atoms with van der Waals surface area (Å²) in [6.45, 7) is 4.86. The van der Waals surface area contributed by atoms with Gasteiger partial charge in [-0.1, -0.05) is 12.1 Å². The number of carbonyl (C=O) groups excluding carboxylic acids is 3. The molecular formula is C22H26N4O4S. The van der Waals surface area contributed by atoms with Crippen LogP contribution in [0, 0.1) is 0 Å². The van der Waals surface area contributed by atoms with Crippen LogP contribution in [0.2, 0.25) is 0 Å². The zero-order chi connectivity index (χ0) is 21.8. The van der Waals surface area contributed by atoms with Crippen molar-refractivity contribution in [2.24, 2.45) is 0 Å². The minimum Gasteiger partial charge on any atom is -0.379 e. The molecule has 0 radical (unpaired) electrons. The number of carbonyl (C=O) groups is 3. The van der Waals surface area contributed by atoms with E-state index in [9.17, 15) is 14.4 Å². The summed E-state index contributed by atoms with van der Waals surface area (Å²) in [5.41, 5.74) is 1.75. The Hall–Kier alpha value is -2.62. The summed E-state index contributed by atoms with van der Waals surface area (Å²) in [5.74, 6) is -0.590. The fourth-order valence-corrected chi connectivity index (χ4v) is 4.62. The van der Waals surface area contributed by atoms with Gasteiger partial charge in [0.05, 0.1) is 43.1 Å². The molecule has 1 fully saturated rings. The van der Waals surface area contributed by atoms with Gasteiger partial charge in [-0.05, 0) is 18.6 Å². The van der Waals surface area contributed by atoms with Gasteiger partial charge in [0, 0.05) is 38.5 Å². The van der Waals surface area contributed by atoms with Gasteiger partial charge in [0.15, 0.2) is 0 Å². The number of nitrogens with zero attached hydrogens (tertiary/aromatic N) is 4. The maximum absolute atomic E-state index is 12.5. The molecule has 1 aromatic carbocycles. The minimum atomic E-state index is -0.281. The molecule has 1 saturated heterocycles. The third-order valence-electron chi connectivity index (χ3n) is 5.54. The summed E-state index contributed by atoms with van der Waals surface area (Å²) in [4.78, 5) is 47.2. The number of rotatable bonds is 8. The summed E-state index contributed by atoms with van der Waals surface area (Å²) in [6, 6.07) is 6.82. The number of hydrogen-bond acceptors (Lipinski definition) is 7. The van der Waals surface area contributed by atoms with Gasteiger partial charge in [0.25, 0.3) is 11.8 Å². The highest BCUT2D eigenvalue weighted by atomic mass is 32.1. The SMILES string of the molecule is CN(Cc1csc(CN2CCOCC2)n1)C(=O)CCCN1C(=O)c2ccccc2C1=O. The molecule has 0 N–H and O–H groups in total. The number of ether oxygens (including phenoxy) is 1. The van der Waals surface area contributed by atoms with Gasteiger partial charge >= 0.3 is 0 Å². The smallest absolute Gasteiger partial charge is 0.261 e. The summed E-state index contributed by atoms with van der Waals surface area (Å²) in [7, 11) is 1.76. The van der Waals surface area contributed by atoms with E-state index in [0.717, 1.165) is 43.5 Å². The molecular weight excluding hydrogens is 416 g/mol. The maximum Gasteiger partial charge on any atom is 0.261 e. The van der Waals surface area contributed by atoms with Crippen LogP contribution in [-0.4, -0.2) is 77.3 Å². The topological polar surface area (TPSA) is 83.1 Å². The summed E-state index contributed by atoms with van der Waals surface area (Å²) >= 11 is 1.61. The molecule has 0 bridgehead atoms. The Labute approximate surface area is 185 Å². The number of fused-ring (bicyclic) bond motifs is 1. The van der Waals surface area contributed by atoms with E-state index in [-0.39, 0.29) is 30.7 Å². The molecule has 0 aliphatic carbocycles. The molecule has 2 aromatic rings. The molecule has 0 spiro atoms. The van der Waals surface area contributed by atoms with Crippen molar-refractivity contribution in [2.45, 2.75) is 25.9 Å². The number of thiazole rings is 1. The molecule has 0 unspecified atom stereocenters. The third-order valence-corrected chi connectivity index (χ3v) is 6.42. The fourth-order valence-electron chi connectivity index (χ4n) is 3.80. The first-order valence-electron chi connectivity index (χ1n) is 10.5. The molecule has 9 heteroatoms. The lowest BCUT2D eigenvalue weighted by Gasteiger charge is -2.25. The van der Waals surface area contributed by atoms with Gasteiger partial charge in [-0.25, -0.2) is 4.98 Å². The molecule has 164 valence electrons. The van der Waals surface area contributed by atoms with Crippen molar-refractivity contribution in [1.29, 1.82) is 0 Å². The number of aromatic nitrogens is 1. The van der Waals surface area contributed by atoms with Crippen LogP contribution in [0.15, 0.2) is 29.6 Å².